The molecule has 2 aromatic carbocycles. The maximum absolute atomic E-state index is 12.3. The third kappa shape index (κ3) is 6.37. The normalized spacial score (nSPS) is 19.3. The lowest BCUT2D eigenvalue weighted by atomic mass is 10.0. The molecule has 2 N–H and O–H groups in total. The van der Waals surface area contributed by atoms with Gasteiger partial charge in [-0.3, -0.25) is 9.63 Å². The van der Waals surface area contributed by atoms with Gasteiger partial charge >= 0.3 is 12.1 Å². The van der Waals surface area contributed by atoms with E-state index in [-0.39, 0.29) is 31.7 Å². The summed E-state index contributed by atoms with van der Waals surface area (Å²) in [5.41, 5.74) is 4.59. The number of esters is 1. The van der Waals surface area contributed by atoms with Crippen molar-refractivity contribution in [2.45, 2.75) is 32.2 Å². The quantitative estimate of drug-likeness (QED) is 0.745. The number of ether oxygens (including phenoxy) is 2. The lowest BCUT2D eigenvalue weighted by molar-refractivity contribution is -0.152. The van der Waals surface area contributed by atoms with E-state index in [0.29, 0.717) is 12.8 Å². The average Bonchev–Trinajstić information content (AvgIpc) is 2.98. The van der Waals surface area contributed by atoms with E-state index in [9.17, 15) is 9.59 Å². The number of rotatable bonds is 6. The lowest BCUT2D eigenvalue weighted by Gasteiger charge is -2.16. The average molecular weight is 384 g/mol. The predicted molar refractivity (Wildman–Crippen MR) is 102 cm³/mol. The fraction of sp³-hybridized carbons (Fsp3) is 0.333. The fourth-order valence-corrected chi connectivity index (χ4v) is 2.80. The van der Waals surface area contributed by atoms with E-state index in [1.165, 1.54) is 0 Å². The van der Waals surface area contributed by atoms with Gasteiger partial charge < -0.3 is 14.8 Å². The Bertz CT molecular complexity index is 754. The van der Waals surface area contributed by atoms with Crippen LogP contribution in [0.4, 0.5) is 4.79 Å². The van der Waals surface area contributed by atoms with E-state index in [1.54, 1.807) is 0 Å². The van der Waals surface area contributed by atoms with Crippen molar-refractivity contribution in [2.24, 2.45) is 5.92 Å². The maximum Gasteiger partial charge on any atom is 0.408 e. The van der Waals surface area contributed by atoms with Crippen molar-refractivity contribution in [3.8, 4) is 0 Å². The highest BCUT2D eigenvalue weighted by atomic mass is 16.7. The molecule has 7 heteroatoms. The molecule has 0 bridgehead atoms. The molecule has 1 aliphatic heterocycles. The molecule has 0 aromatic heterocycles. The van der Waals surface area contributed by atoms with Gasteiger partial charge in [0.2, 0.25) is 0 Å². The monoisotopic (exact) mass is 384 g/mol. The summed E-state index contributed by atoms with van der Waals surface area (Å²) < 4.78 is 10.6. The summed E-state index contributed by atoms with van der Waals surface area (Å²) in [6.07, 6.45) is 0.0701. The third-order valence-corrected chi connectivity index (χ3v) is 4.38. The standard InChI is InChI=1S/C21H24N2O5/c24-20(26-13-16-7-3-1-4-8-16)18-11-12-19(23-28-15-18)22-21(25)27-14-17-9-5-2-6-10-17/h1-10,18-19,23H,11-15H2,(H,22,25). The van der Waals surface area contributed by atoms with E-state index in [2.05, 4.69) is 10.8 Å². The molecule has 1 saturated heterocycles. The summed E-state index contributed by atoms with van der Waals surface area (Å²) >= 11 is 0. The number of hydroxylamine groups is 1. The van der Waals surface area contributed by atoms with Crippen LogP contribution < -0.4 is 10.8 Å². The molecule has 2 unspecified atom stereocenters. The fourth-order valence-electron chi connectivity index (χ4n) is 2.80. The first-order valence-electron chi connectivity index (χ1n) is 9.26. The minimum absolute atomic E-state index is 0.185. The van der Waals surface area contributed by atoms with E-state index in [1.807, 2.05) is 60.7 Å². The first-order chi connectivity index (χ1) is 13.7. The molecular formula is C21H24N2O5. The molecular weight excluding hydrogens is 360 g/mol. The molecule has 1 aliphatic rings. The molecule has 1 heterocycles. The number of carbonyl (C=O) groups is 2. The Kier molecular flexibility index (Phi) is 7.40. The van der Waals surface area contributed by atoms with Gasteiger partial charge in [0.1, 0.15) is 19.4 Å². The Balaban J connectivity index is 1.39. The summed E-state index contributed by atoms with van der Waals surface area (Å²) in [5.74, 6) is -0.693. The highest BCUT2D eigenvalue weighted by molar-refractivity contribution is 5.72. The highest BCUT2D eigenvalue weighted by Gasteiger charge is 2.27. The molecule has 3 rings (SSSR count). The van der Waals surface area contributed by atoms with Gasteiger partial charge in [-0.1, -0.05) is 60.7 Å². The molecule has 0 radical (unpaired) electrons. The van der Waals surface area contributed by atoms with Crippen LogP contribution in [0.3, 0.4) is 0 Å². The van der Waals surface area contributed by atoms with Gasteiger partial charge in [-0.05, 0) is 24.0 Å². The van der Waals surface area contributed by atoms with Gasteiger partial charge in [-0.25, -0.2) is 4.79 Å². The van der Waals surface area contributed by atoms with Crippen LogP contribution in [0.5, 0.6) is 0 Å². The molecule has 2 atom stereocenters. The van der Waals surface area contributed by atoms with Crippen molar-refractivity contribution >= 4 is 12.1 Å². The van der Waals surface area contributed by atoms with E-state index in [0.717, 1.165) is 11.1 Å². The minimum atomic E-state index is -0.546. The number of nitrogens with one attached hydrogen (secondary N) is 2. The van der Waals surface area contributed by atoms with Crippen LogP contribution in [0.25, 0.3) is 0 Å². The lowest BCUT2D eigenvalue weighted by Crippen LogP contribution is -2.44. The molecule has 0 aliphatic carbocycles. The van der Waals surface area contributed by atoms with Crippen molar-refractivity contribution in [3.05, 3.63) is 71.8 Å². The van der Waals surface area contributed by atoms with Crippen molar-refractivity contribution < 1.29 is 23.9 Å². The molecule has 148 valence electrons. The number of hydrogen-bond acceptors (Lipinski definition) is 6. The molecule has 28 heavy (non-hydrogen) atoms. The summed E-state index contributed by atoms with van der Waals surface area (Å²) in [5, 5.41) is 2.70. The number of hydrogen-bond donors (Lipinski definition) is 2. The molecule has 1 amide bonds. The largest absolute Gasteiger partial charge is 0.461 e. The van der Waals surface area contributed by atoms with Gasteiger partial charge in [0.15, 0.2) is 0 Å². The summed E-state index contributed by atoms with van der Waals surface area (Å²) in [7, 11) is 0. The summed E-state index contributed by atoms with van der Waals surface area (Å²) in [6, 6.07) is 18.9. The van der Waals surface area contributed by atoms with Crippen LogP contribution in [0, 0.1) is 5.92 Å². The predicted octanol–water partition coefficient (Wildman–Crippen LogP) is 2.91. The zero-order chi connectivity index (χ0) is 19.6. The van der Waals surface area contributed by atoms with E-state index < -0.39 is 12.3 Å². The zero-order valence-electron chi connectivity index (χ0n) is 15.5. The SMILES string of the molecule is O=C(NC1CCC(C(=O)OCc2ccccc2)CON1)OCc1ccccc1. The first-order valence-corrected chi connectivity index (χ1v) is 9.26. The molecule has 2 aromatic rings. The number of amides is 1. The third-order valence-electron chi connectivity index (χ3n) is 4.38. The minimum Gasteiger partial charge on any atom is -0.461 e. The molecule has 0 saturated carbocycles. The van der Waals surface area contributed by atoms with E-state index >= 15 is 0 Å². The number of benzene rings is 2. The van der Waals surface area contributed by atoms with Crippen LogP contribution in [0.15, 0.2) is 60.7 Å². The van der Waals surface area contributed by atoms with Crippen LogP contribution in [-0.2, 0) is 32.3 Å². The van der Waals surface area contributed by atoms with Crippen molar-refractivity contribution in [2.75, 3.05) is 6.61 Å². The smallest absolute Gasteiger partial charge is 0.408 e. The number of carbonyl (C=O) groups excluding carboxylic acids is 2. The van der Waals surface area contributed by atoms with E-state index in [4.69, 9.17) is 14.3 Å². The van der Waals surface area contributed by atoms with Crippen LogP contribution >= 0.6 is 0 Å². The van der Waals surface area contributed by atoms with Gasteiger partial charge in [-0.2, -0.15) is 5.48 Å². The Labute approximate surface area is 163 Å². The van der Waals surface area contributed by atoms with Gasteiger partial charge in [-0.15, -0.1) is 0 Å². The Morgan fingerprint density at radius 2 is 1.54 bits per heavy atom. The second kappa shape index (κ2) is 10.4. The molecule has 0 spiro atoms. The van der Waals surface area contributed by atoms with Gasteiger partial charge in [0.05, 0.1) is 12.5 Å². The highest BCUT2D eigenvalue weighted by Crippen LogP contribution is 2.15. The van der Waals surface area contributed by atoms with Crippen molar-refractivity contribution in [1.29, 1.82) is 0 Å². The maximum atomic E-state index is 12.3. The molecule has 1 fully saturated rings. The number of alkyl carbamates (subject to hydrolysis) is 1. The topological polar surface area (TPSA) is 85.9 Å². The van der Waals surface area contributed by atoms with Crippen LogP contribution in [0.2, 0.25) is 0 Å². The van der Waals surface area contributed by atoms with Crippen molar-refractivity contribution in [1.82, 2.24) is 10.8 Å². The van der Waals surface area contributed by atoms with Crippen LogP contribution in [0.1, 0.15) is 24.0 Å². The zero-order valence-corrected chi connectivity index (χ0v) is 15.5. The Morgan fingerprint density at radius 3 is 2.18 bits per heavy atom. The Hall–Kier alpha value is -2.90. The van der Waals surface area contributed by atoms with Crippen LogP contribution in [-0.4, -0.2) is 24.8 Å². The summed E-state index contributed by atoms with van der Waals surface area (Å²) in [6.45, 7) is 0.608. The van der Waals surface area contributed by atoms with Gasteiger partial charge in [0, 0.05) is 0 Å². The first kappa shape index (κ1) is 19.9. The second-order valence-corrected chi connectivity index (χ2v) is 6.56. The Morgan fingerprint density at radius 1 is 0.929 bits per heavy atom. The molecule has 7 nitrogen and oxygen atoms in total. The van der Waals surface area contributed by atoms with Crippen molar-refractivity contribution in [3.63, 3.8) is 0 Å². The van der Waals surface area contributed by atoms with Gasteiger partial charge in [0.25, 0.3) is 0 Å². The summed E-state index contributed by atoms with van der Waals surface area (Å²) in [4.78, 5) is 29.6. The second-order valence-electron chi connectivity index (χ2n) is 6.56.